The number of rotatable bonds is 3. The largest absolute Gasteiger partial charge is 0.496 e. The fraction of sp³-hybridized carbons (Fsp3) is 0.0714. The van der Waals surface area contributed by atoms with E-state index >= 15 is 0 Å². The summed E-state index contributed by atoms with van der Waals surface area (Å²) in [5, 5.41) is 0. The SMILES string of the molecule is COc1cc(-c2ccc(F)cc2F)c(Br)cc1C=O. The highest BCUT2D eigenvalue weighted by molar-refractivity contribution is 9.10. The number of carbonyl (C=O) groups is 1. The number of hydrogen-bond acceptors (Lipinski definition) is 2. The highest BCUT2D eigenvalue weighted by atomic mass is 79.9. The van der Waals surface area contributed by atoms with Crippen molar-refractivity contribution >= 4 is 22.2 Å². The molecule has 0 saturated carbocycles. The van der Waals surface area contributed by atoms with E-state index < -0.39 is 11.6 Å². The lowest BCUT2D eigenvalue weighted by Crippen LogP contribution is -1.94. The second kappa shape index (κ2) is 5.48. The third-order valence-corrected chi connectivity index (χ3v) is 3.32. The van der Waals surface area contributed by atoms with Gasteiger partial charge in [0, 0.05) is 21.7 Å². The van der Waals surface area contributed by atoms with Crippen LogP contribution in [0, 0.1) is 11.6 Å². The zero-order valence-electron chi connectivity index (χ0n) is 9.91. The van der Waals surface area contributed by atoms with Crippen LogP contribution in [0.1, 0.15) is 10.4 Å². The topological polar surface area (TPSA) is 26.3 Å². The summed E-state index contributed by atoms with van der Waals surface area (Å²) in [5.41, 5.74) is 1.06. The lowest BCUT2D eigenvalue weighted by Gasteiger charge is -2.10. The Morgan fingerprint density at radius 2 is 1.89 bits per heavy atom. The molecule has 0 spiro atoms. The van der Waals surface area contributed by atoms with Crippen molar-refractivity contribution in [2.45, 2.75) is 0 Å². The molecule has 0 bridgehead atoms. The minimum Gasteiger partial charge on any atom is -0.496 e. The van der Waals surface area contributed by atoms with Crippen LogP contribution in [0.4, 0.5) is 8.78 Å². The molecule has 0 aliphatic rings. The molecule has 98 valence electrons. The first-order valence-corrected chi connectivity index (χ1v) is 6.14. The molecule has 0 fully saturated rings. The Morgan fingerprint density at radius 1 is 1.16 bits per heavy atom. The minimum absolute atomic E-state index is 0.226. The van der Waals surface area contributed by atoms with Crippen LogP contribution < -0.4 is 4.74 Å². The molecule has 0 radical (unpaired) electrons. The number of aldehydes is 1. The van der Waals surface area contributed by atoms with Gasteiger partial charge in [-0.05, 0) is 24.3 Å². The van der Waals surface area contributed by atoms with Gasteiger partial charge in [-0.15, -0.1) is 0 Å². The molecule has 0 aromatic heterocycles. The molecular formula is C14H9BrF2O2. The zero-order chi connectivity index (χ0) is 14.0. The van der Waals surface area contributed by atoms with E-state index in [0.717, 1.165) is 6.07 Å². The predicted octanol–water partition coefficient (Wildman–Crippen LogP) is 4.22. The van der Waals surface area contributed by atoms with E-state index in [1.807, 2.05) is 0 Å². The van der Waals surface area contributed by atoms with Gasteiger partial charge in [0.2, 0.25) is 0 Å². The van der Waals surface area contributed by atoms with Crippen LogP contribution in [-0.4, -0.2) is 13.4 Å². The van der Waals surface area contributed by atoms with Crippen molar-refractivity contribution < 1.29 is 18.3 Å². The van der Waals surface area contributed by atoms with Crippen LogP contribution >= 0.6 is 15.9 Å². The molecular weight excluding hydrogens is 318 g/mol. The van der Waals surface area contributed by atoms with Crippen LogP contribution in [0.3, 0.4) is 0 Å². The highest BCUT2D eigenvalue weighted by Gasteiger charge is 2.13. The molecule has 0 N–H and O–H groups in total. The fourth-order valence-electron chi connectivity index (χ4n) is 1.75. The third kappa shape index (κ3) is 2.66. The van der Waals surface area contributed by atoms with Crippen LogP contribution in [0.25, 0.3) is 11.1 Å². The minimum atomic E-state index is -0.679. The maximum absolute atomic E-state index is 13.8. The Morgan fingerprint density at radius 3 is 2.47 bits per heavy atom. The van der Waals surface area contributed by atoms with E-state index in [0.29, 0.717) is 27.6 Å². The Hall–Kier alpha value is -1.75. The van der Waals surface area contributed by atoms with Crippen molar-refractivity contribution in [3.8, 4) is 16.9 Å². The average molecular weight is 327 g/mol. The number of hydrogen-bond donors (Lipinski definition) is 0. The first-order chi connectivity index (χ1) is 9.06. The number of methoxy groups -OCH3 is 1. The van der Waals surface area contributed by atoms with Crippen LogP contribution in [0.5, 0.6) is 5.75 Å². The molecule has 0 heterocycles. The van der Waals surface area contributed by atoms with Crippen molar-refractivity contribution in [2.24, 2.45) is 0 Å². The summed E-state index contributed by atoms with van der Waals surface area (Å²) in [5.74, 6) is -0.993. The molecule has 2 rings (SSSR count). The molecule has 5 heteroatoms. The summed E-state index contributed by atoms with van der Waals surface area (Å²) in [6.07, 6.45) is 0.647. The van der Waals surface area contributed by atoms with Crippen molar-refractivity contribution in [2.75, 3.05) is 7.11 Å². The summed E-state index contributed by atoms with van der Waals surface area (Å²) < 4.78 is 32.3. The number of benzene rings is 2. The maximum Gasteiger partial charge on any atom is 0.153 e. The zero-order valence-corrected chi connectivity index (χ0v) is 11.5. The van der Waals surface area contributed by atoms with E-state index in [1.165, 1.54) is 31.4 Å². The average Bonchev–Trinajstić information content (AvgIpc) is 2.39. The Labute approximate surface area is 117 Å². The normalized spacial score (nSPS) is 10.3. The van der Waals surface area contributed by atoms with Crippen LogP contribution in [0.15, 0.2) is 34.8 Å². The van der Waals surface area contributed by atoms with E-state index in [-0.39, 0.29) is 5.56 Å². The molecule has 0 amide bonds. The molecule has 2 aromatic carbocycles. The van der Waals surface area contributed by atoms with Crippen molar-refractivity contribution in [1.29, 1.82) is 0 Å². The van der Waals surface area contributed by atoms with Gasteiger partial charge < -0.3 is 4.74 Å². The van der Waals surface area contributed by atoms with Crippen molar-refractivity contribution in [3.05, 3.63) is 52.0 Å². The second-order valence-electron chi connectivity index (χ2n) is 3.82. The monoisotopic (exact) mass is 326 g/mol. The molecule has 0 unspecified atom stereocenters. The van der Waals surface area contributed by atoms with E-state index in [2.05, 4.69) is 15.9 Å². The summed E-state index contributed by atoms with van der Waals surface area (Å²) >= 11 is 3.27. The summed E-state index contributed by atoms with van der Waals surface area (Å²) in [4.78, 5) is 10.9. The van der Waals surface area contributed by atoms with Crippen molar-refractivity contribution in [1.82, 2.24) is 0 Å². The quantitative estimate of drug-likeness (QED) is 0.789. The van der Waals surface area contributed by atoms with Gasteiger partial charge in [-0.25, -0.2) is 8.78 Å². The van der Waals surface area contributed by atoms with Crippen LogP contribution in [0.2, 0.25) is 0 Å². The van der Waals surface area contributed by atoms with Gasteiger partial charge in [0.05, 0.1) is 12.7 Å². The standard InChI is InChI=1S/C14H9BrF2O2/c1-19-14-6-11(12(15)4-8(14)7-18)10-3-2-9(16)5-13(10)17/h2-7H,1H3. The van der Waals surface area contributed by atoms with Gasteiger partial charge >= 0.3 is 0 Å². The fourth-order valence-corrected chi connectivity index (χ4v) is 2.33. The van der Waals surface area contributed by atoms with E-state index in [4.69, 9.17) is 4.74 Å². The Bertz CT molecular complexity index is 642. The van der Waals surface area contributed by atoms with E-state index in [9.17, 15) is 13.6 Å². The Kier molecular flexibility index (Phi) is 3.95. The van der Waals surface area contributed by atoms with Crippen molar-refractivity contribution in [3.63, 3.8) is 0 Å². The molecule has 0 aliphatic carbocycles. The summed E-state index contributed by atoms with van der Waals surface area (Å²) in [6.45, 7) is 0. The molecule has 2 nitrogen and oxygen atoms in total. The third-order valence-electron chi connectivity index (χ3n) is 2.67. The Balaban J connectivity index is 2.65. The predicted molar refractivity (Wildman–Crippen MR) is 71.4 cm³/mol. The van der Waals surface area contributed by atoms with Gasteiger partial charge in [-0.2, -0.15) is 0 Å². The summed E-state index contributed by atoms with van der Waals surface area (Å²) in [6, 6.07) is 6.38. The first-order valence-electron chi connectivity index (χ1n) is 5.35. The number of carbonyl (C=O) groups excluding carboxylic acids is 1. The second-order valence-corrected chi connectivity index (χ2v) is 4.67. The van der Waals surface area contributed by atoms with Gasteiger partial charge in [-0.3, -0.25) is 4.79 Å². The van der Waals surface area contributed by atoms with Gasteiger partial charge in [0.15, 0.2) is 6.29 Å². The number of ether oxygens (including phenoxy) is 1. The lowest BCUT2D eigenvalue weighted by atomic mass is 10.0. The molecule has 0 aliphatic heterocycles. The number of halogens is 3. The van der Waals surface area contributed by atoms with Gasteiger partial charge in [0.1, 0.15) is 17.4 Å². The highest BCUT2D eigenvalue weighted by Crippen LogP contribution is 2.35. The lowest BCUT2D eigenvalue weighted by molar-refractivity contribution is 0.112. The molecule has 2 aromatic rings. The molecule has 0 atom stereocenters. The van der Waals surface area contributed by atoms with Crippen LogP contribution in [-0.2, 0) is 0 Å². The maximum atomic E-state index is 13.8. The smallest absolute Gasteiger partial charge is 0.153 e. The molecule has 19 heavy (non-hydrogen) atoms. The van der Waals surface area contributed by atoms with E-state index in [1.54, 1.807) is 0 Å². The first kappa shape index (κ1) is 13.7. The van der Waals surface area contributed by atoms with Gasteiger partial charge in [-0.1, -0.05) is 15.9 Å². The van der Waals surface area contributed by atoms with Gasteiger partial charge in [0.25, 0.3) is 0 Å². The molecule has 0 saturated heterocycles. The summed E-state index contributed by atoms with van der Waals surface area (Å²) in [7, 11) is 1.42.